The molecule has 0 saturated heterocycles. The second kappa shape index (κ2) is 1.47. The highest BCUT2D eigenvalue weighted by Gasteiger charge is 1.99. The largest absolute Gasteiger partial charge is 0.493 e. The van der Waals surface area contributed by atoms with Crippen LogP contribution in [-0.4, -0.2) is 14.7 Å². The molecule has 1 aromatic heterocycles. The number of aromatic hydroxyl groups is 1. The molecule has 1 heterocycles. The van der Waals surface area contributed by atoms with Crippen LogP contribution >= 0.6 is 0 Å². The van der Waals surface area contributed by atoms with Gasteiger partial charge in [0.1, 0.15) is 0 Å². The Hall–Kier alpha value is -1.06. The molecule has 0 spiro atoms. The van der Waals surface area contributed by atoms with Crippen molar-refractivity contribution in [3.8, 4) is 5.88 Å². The normalized spacial score (nSPS) is 9.75. The lowest BCUT2D eigenvalue weighted by atomic mass is 10.8. The summed E-state index contributed by atoms with van der Waals surface area (Å²) in [5, 5.41) is 8.60. The van der Waals surface area contributed by atoms with Crippen molar-refractivity contribution >= 4 is 0 Å². The van der Waals surface area contributed by atoms with E-state index in [0.29, 0.717) is 0 Å². The maximum atomic E-state index is 12.0. The maximum absolute atomic E-state index is 12.0. The number of halogens is 1. The third-order valence-corrected chi connectivity index (χ3v) is 0.907. The summed E-state index contributed by atoms with van der Waals surface area (Å²) in [6.07, 6.45) is 0.373. The zero-order valence-electron chi connectivity index (χ0n) is 4.30. The summed E-state index contributed by atoms with van der Waals surface area (Å²) in [6, 6.07) is 0. The Morgan fingerprint density at radius 1 is 1.88 bits per heavy atom. The molecule has 0 saturated carbocycles. The summed E-state index contributed by atoms with van der Waals surface area (Å²) in [5.41, 5.74) is 0. The molecule has 1 aromatic rings. The molecule has 1 N–H and O–H groups in total. The molecule has 0 atom stereocenters. The minimum Gasteiger partial charge on any atom is -0.493 e. The van der Waals surface area contributed by atoms with E-state index >= 15 is 0 Å². The maximum Gasteiger partial charge on any atom is 0.291 e. The van der Waals surface area contributed by atoms with Crippen molar-refractivity contribution in [2.75, 3.05) is 0 Å². The number of imidazole rings is 1. The monoisotopic (exact) mass is 116 g/mol. The summed E-state index contributed by atoms with van der Waals surface area (Å²) in [5.74, 6) is -0.164. The average Bonchev–Trinajstić information content (AvgIpc) is 1.98. The van der Waals surface area contributed by atoms with Crippen molar-refractivity contribution in [1.82, 2.24) is 9.55 Å². The zero-order valence-corrected chi connectivity index (χ0v) is 4.30. The SMILES string of the molecule is Cn1c(O)cnc1F. The Labute approximate surface area is 45.4 Å². The van der Waals surface area contributed by atoms with Crippen molar-refractivity contribution in [3.05, 3.63) is 12.3 Å². The van der Waals surface area contributed by atoms with E-state index < -0.39 is 6.08 Å². The second-order valence-corrected chi connectivity index (χ2v) is 1.44. The summed E-state index contributed by atoms with van der Waals surface area (Å²) in [4.78, 5) is 3.16. The van der Waals surface area contributed by atoms with Crippen LogP contribution in [0.25, 0.3) is 0 Å². The van der Waals surface area contributed by atoms with Crippen LogP contribution in [0.15, 0.2) is 6.20 Å². The Kier molecular flexibility index (Phi) is 0.932. The zero-order chi connectivity index (χ0) is 6.15. The Morgan fingerprint density at radius 3 is 2.62 bits per heavy atom. The van der Waals surface area contributed by atoms with E-state index in [4.69, 9.17) is 5.11 Å². The van der Waals surface area contributed by atoms with Crippen molar-refractivity contribution in [3.63, 3.8) is 0 Å². The van der Waals surface area contributed by atoms with Crippen molar-refractivity contribution in [2.24, 2.45) is 7.05 Å². The van der Waals surface area contributed by atoms with E-state index in [-0.39, 0.29) is 5.88 Å². The van der Waals surface area contributed by atoms with Crippen LogP contribution in [0.1, 0.15) is 0 Å². The van der Waals surface area contributed by atoms with Crippen molar-refractivity contribution in [1.29, 1.82) is 0 Å². The minimum absolute atomic E-state index is 0.164. The van der Waals surface area contributed by atoms with Crippen LogP contribution in [0, 0.1) is 6.08 Å². The van der Waals surface area contributed by atoms with Gasteiger partial charge >= 0.3 is 0 Å². The Bertz CT molecular complexity index is 176. The van der Waals surface area contributed by atoms with Crippen LogP contribution < -0.4 is 0 Å². The number of nitrogens with zero attached hydrogens (tertiary/aromatic N) is 2. The van der Waals surface area contributed by atoms with E-state index in [9.17, 15) is 4.39 Å². The summed E-state index contributed by atoms with van der Waals surface area (Å²) >= 11 is 0. The first-order valence-electron chi connectivity index (χ1n) is 2.08. The van der Waals surface area contributed by atoms with Gasteiger partial charge in [-0.3, -0.25) is 4.57 Å². The number of hydrogen-bond donors (Lipinski definition) is 1. The molecule has 0 unspecified atom stereocenters. The van der Waals surface area contributed by atoms with Gasteiger partial charge in [-0.2, -0.15) is 4.39 Å². The highest BCUT2D eigenvalue weighted by molar-refractivity contribution is 5.02. The second-order valence-electron chi connectivity index (χ2n) is 1.44. The molecule has 0 aromatic carbocycles. The van der Waals surface area contributed by atoms with Gasteiger partial charge in [0.15, 0.2) is 0 Å². The van der Waals surface area contributed by atoms with E-state index in [0.717, 1.165) is 10.8 Å². The Balaban J connectivity index is 3.19. The van der Waals surface area contributed by atoms with Crippen LogP contribution in [-0.2, 0) is 7.05 Å². The van der Waals surface area contributed by atoms with Gasteiger partial charge in [0.05, 0.1) is 6.20 Å². The molecule has 0 radical (unpaired) electrons. The molecule has 0 amide bonds. The fourth-order valence-corrected chi connectivity index (χ4v) is 0.379. The molecule has 1 rings (SSSR count). The summed E-state index contributed by atoms with van der Waals surface area (Å²) in [7, 11) is 1.39. The van der Waals surface area contributed by atoms with Gasteiger partial charge < -0.3 is 5.11 Å². The van der Waals surface area contributed by atoms with Crippen LogP contribution in [0.5, 0.6) is 5.88 Å². The number of rotatable bonds is 0. The molecular formula is C4H5FN2O. The molecule has 44 valence electrons. The lowest BCUT2D eigenvalue weighted by Crippen LogP contribution is -1.90. The molecule has 0 aliphatic carbocycles. The van der Waals surface area contributed by atoms with Gasteiger partial charge in [-0.05, 0) is 0 Å². The summed E-state index contributed by atoms with van der Waals surface area (Å²) < 4.78 is 13.0. The highest BCUT2D eigenvalue weighted by atomic mass is 19.1. The van der Waals surface area contributed by atoms with Crippen LogP contribution in [0.4, 0.5) is 4.39 Å². The van der Waals surface area contributed by atoms with Gasteiger partial charge in [-0.15, -0.1) is 0 Å². The minimum atomic E-state index is -0.678. The van der Waals surface area contributed by atoms with E-state index in [1.165, 1.54) is 7.05 Å². The van der Waals surface area contributed by atoms with Gasteiger partial charge in [-0.25, -0.2) is 4.98 Å². The summed E-state index contributed by atoms with van der Waals surface area (Å²) in [6.45, 7) is 0. The number of hydrogen-bond acceptors (Lipinski definition) is 2. The smallest absolute Gasteiger partial charge is 0.291 e. The first-order chi connectivity index (χ1) is 3.72. The fraction of sp³-hybridized carbons (Fsp3) is 0.250. The van der Waals surface area contributed by atoms with Crippen LogP contribution in [0.2, 0.25) is 0 Å². The molecule has 0 aliphatic heterocycles. The third kappa shape index (κ3) is 0.538. The molecular weight excluding hydrogens is 111 g/mol. The van der Waals surface area contributed by atoms with E-state index in [1.54, 1.807) is 0 Å². The molecule has 0 aliphatic rings. The van der Waals surface area contributed by atoms with Crippen molar-refractivity contribution in [2.45, 2.75) is 0 Å². The molecule has 8 heavy (non-hydrogen) atoms. The van der Waals surface area contributed by atoms with Gasteiger partial charge in [0.2, 0.25) is 5.88 Å². The first-order valence-corrected chi connectivity index (χ1v) is 2.08. The van der Waals surface area contributed by atoms with Crippen LogP contribution in [0.3, 0.4) is 0 Å². The Morgan fingerprint density at radius 2 is 2.50 bits per heavy atom. The third-order valence-electron chi connectivity index (χ3n) is 0.907. The number of aromatic nitrogens is 2. The van der Waals surface area contributed by atoms with Gasteiger partial charge in [0, 0.05) is 7.05 Å². The molecule has 0 fully saturated rings. The van der Waals surface area contributed by atoms with E-state index in [2.05, 4.69) is 4.98 Å². The average molecular weight is 116 g/mol. The van der Waals surface area contributed by atoms with Gasteiger partial charge in [-0.1, -0.05) is 0 Å². The predicted molar refractivity (Wildman–Crippen MR) is 24.8 cm³/mol. The highest BCUT2D eigenvalue weighted by Crippen LogP contribution is 2.05. The standard InChI is InChI=1S/C4H5FN2O/c1-7-3(8)2-6-4(7)5/h2,8H,1H3. The molecule has 0 bridgehead atoms. The van der Waals surface area contributed by atoms with E-state index in [1.807, 2.05) is 0 Å². The van der Waals surface area contributed by atoms with Crippen molar-refractivity contribution < 1.29 is 9.50 Å². The predicted octanol–water partition coefficient (Wildman–Crippen LogP) is 0.265. The van der Waals surface area contributed by atoms with Gasteiger partial charge in [0.25, 0.3) is 6.08 Å². The quantitative estimate of drug-likeness (QED) is 0.528. The lowest BCUT2D eigenvalue weighted by Gasteiger charge is -1.88. The topological polar surface area (TPSA) is 38.0 Å². The lowest BCUT2D eigenvalue weighted by molar-refractivity contribution is 0.403. The first kappa shape index (κ1) is 5.08. The fourth-order valence-electron chi connectivity index (χ4n) is 0.379. The molecule has 4 heteroatoms. The molecule has 3 nitrogen and oxygen atoms in total.